The second kappa shape index (κ2) is 6.16. The number of nitrogens with two attached hydrogens (primary N) is 1. The Morgan fingerprint density at radius 1 is 1.32 bits per heavy atom. The van der Waals surface area contributed by atoms with Crippen LogP contribution in [0.1, 0.15) is 60.4 Å². The van der Waals surface area contributed by atoms with E-state index in [0.717, 1.165) is 46.3 Å². The van der Waals surface area contributed by atoms with Crippen LogP contribution in [-0.2, 0) is 29.9 Å². The Labute approximate surface area is 179 Å². The molecule has 3 aromatic rings. The fourth-order valence-corrected chi connectivity index (χ4v) is 5.73. The highest BCUT2D eigenvalue weighted by Crippen LogP contribution is 2.46. The molecule has 2 aliphatic heterocycles. The van der Waals surface area contributed by atoms with E-state index in [-0.39, 0.29) is 18.6 Å². The van der Waals surface area contributed by atoms with Gasteiger partial charge in [-0.2, -0.15) is 0 Å². The van der Waals surface area contributed by atoms with Gasteiger partial charge in [0.15, 0.2) is 6.29 Å². The van der Waals surface area contributed by atoms with Crippen molar-refractivity contribution in [1.82, 2.24) is 9.55 Å². The highest BCUT2D eigenvalue weighted by molar-refractivity contribution is 5.94. The average molecular weight is 419 g/mol. The molecule has 0 saturated carbocycles. The molecule has 0 radical (unpaired) electrons. The number of fused-ring (bicyclic) bond motifs is 5. The molecule has 0 bridgehead atoms. The third kappa shape index (κ3) is 2.28. The van der Waals surface area contributed by atoms with Crippen molar-refractivity contribution < 1.29 is 14.9 Å². The first-order valence-corrected chi connectivity index (χ1v) is 10.9. The normalized spacial score (nSPS) is 25.9. The summed E-state index contributed by atoms with van der Waals surface area (Å²) in [7, 11) is 0. The molecule has 1 aliphatic carbocycles. The van der Waals surface area contributed by atoms with Gasteiger partial charge >= 0.3 is 0 Å². The topological polar surface area (TPSA) is 111 Å². The zero-order valence-corrected chi connectivity index (χ0v) is 17.6. The first kappa shape index (κ1) is 19.0. The summed E-state index contributed by atoms with van der Waals surface area (Å²) in [6.45, 7) is 4.41. The molecule has 3 aliphatic rings. The first-order valence-electron chi connectivity index (χ1n) is 10.9. The number of rotatable bonds is 1. The van der Waals surface area contributed by atoms with E-state index in [1.807, 2.05) is 18.2 Å². The molecule has 3 atom stereocenters. The van der Waals surface area contributed by atoms with Crippen molar-refractivity contribution in [3.8, 4) is 11.4 Å². The third-order valence-electron chi connectivity index (χ3n) is 7.52. The van der Waals surface area contributed by atoms with E-state index in [2.05, 4.69) is 6.92 Å². The van der Waals surface area contributed by atoms with Crippen LogP contribution in [0.15, 0.2) is 23.0 Å². The van der Waals surface area contributed by atoms with Crippen LogP contribution in [0.2, 0.25) is 0 Å². The van der Waals surface area contributed by atoms with Gasteiger partial charge in [-0.15, -0.1) is 0 Å². The number of aryl methyl sites for hydroxylation is 1. The molecule has 7 heteroatoms. The minimum absolute atomic E-state index is 0.0202. The summed E-state index contributed by atoms with van der Waals surface area (Å²) < 4.78 is 7.08. The molecule has 31 heavy (non-hydrogen) atoms. The molecule has 1 unspecified atom stereocenters. The minimum Gasteiger partial charge on any atom is -0.398 e. The molecule has 6 rings (SSSR count). The number of aliphatic hydroxyl groups excluding tert-OH is 1. The Bertz CT molecular complexity index is 1350. The number of hydrogen-bond donors (Lipinski definition) is 3. The maximum absolute atomic E-state index is 13.4. The van der Waals surface area contributed by atoms with Gasteiger partial charge in [0.1, 0.15) is 5.60 Å². The van der Waals surface area contributed by atoms with E-state index in [1.54, 1.807) is 11.5 Å². The maximum atomic E-state index is 13.4. The predicted octanol–water partition coefficient (Wildman–Crippen LogP) is 2.50. The molecular weight excluding hydrogens is 394 g/mol. The van der Waals surface area contributed by atoms with Gasteiger partial charge in [0.2, 0.25) is 0 Å². The first-order chi connectivity index (χ1) is 14.8. The van der Waals surface area contributed by atoms with Crippen molar-refractivity contribution >= 4 is 16.6 Å². The zero-order valence-electron chi connectivity index (χ0n) is 17.6. The van der Waals surface area contributed by atoms with E-state index in [4.69, 9.17) is 15.5 Å². The largest absolute Gasteiger partial charge is 0.398 e. The van der Waals surface area contributed by atoms with Crippen molar-refractivity contribution in [3.63, 3.8) is 0 Å². The van der Waals surface area contributed by atoms with Crippen LogP contribution in [0, 0.1) is 0 Å². The Morgan fingerprint density at radius 3 is 2.90 bits per heavy atom. The van der Waals surface area contributed by atoms with E-state index in [9.17, 15) is 15.0 Å². The van der Waals surface area contributed by atoms with Gasteiger partial charge < -0.3 is 25.3 Å². The Kier molecular flexibility index (Phi) is 3.77. The number of pyridine rings is 2. The fraction of sp³-hybridized carbons (Fsp3) is 0.417. The Morgan fingerprint density at radius 2 is 2.13 bits per heavy atom. The number of benzene rings is 1. The second-order valence-electron chi connectivity index (χ2n) is 9.07. The maximum Gasteiger partial charge on any atom is 0.257 e. The Hall–Kier alpha value is -2.74. The van der Waals surface area contributed by atoms with Gasteiger partial charge in [0.05, 0.1) is 30.1 Å². The van der Waals surface area contributed by atoms with Crippen molar-refractivity contribution in [2.24, 2.45) is 0 Å². The van der Waals surface area contributed by atoms with Crippen LogP contribution in [0.4, 0.5) is 5.69 Å². The smallest absolute Gasteiger partial charge is 0.257 e. The summed E-state index contributed by atoms with van der Waals surface area (Å²) in [6, 6.07) is 5.69. The summed E-state index contributed by atoms with van der Waals surface area (Å²) in [5.41, 5.74) is 11.9. The molecule has 0 spiro atoms. The van der Waals surface area contributed by atoms with Crippen LogP contribution in [0.3, 0.4) is 0 Å². The van der Waals surface area contributed by atoms with Crippen molar-refractivity contribution in [1.29, 1.82) is 0 Å². The third-order valence-corrected chi connectivity index (χ3v) is 7.52. The number of anilines is 1. The molecule has 160 valence electrons. The molecule has 4 N–H and O–H groups in total. The average Bonchev–Trinajstić information content (AvgIpc) is 3.13. The molecule has 1 aromatic carbocycles. The molecule has 4 heterocycles. The molecule has 0 saturated heterocycles. The number of aliphatic hydroxyl groups is 2. The molecule has 0 amide bonds. The number of nitrogen functional groups attached to an aromatic ring is 1. The lowest BCUT2D eigenvalue weighted by Crippen LogP contribution is -2.47. The highest BCUT2D eigenvalue weighted by Gasteiger charge is 2.44. The molecule has 7 nitrogen and oxygen atoms in total. The van der Waals surface area contributed by atoms with Gasteiger partial charge in [-0.25, -0.2) is 4.98 Å². The lowest BCUT2D eigenvalue weighted by molar-refractivity contribution is -0.236. The number of nitrogens with zero attached hydrogens (tertiary/aromatic N) is 2. The summed E-state index contributed by atoms with van der Waals surface area (Å²) >= 11 is 0. The summed E-state index contributed by atoms with van der Waals surface area (Å²) in [6.07, 6.45) is 0.791. The molecule has 2 aromatic heterocycles. The Balaban J connectivity index is 1.68. The molecule has 0 fully saturated rings. The van der Waals surface area contributed by atoms with E-state index < -0.39 is 11.9 Å². The quantitative estimate of drug-likeness (QED) is 0.409. The van der Waals surface area contributed by atoms with Crippen LogP contribution in [-0.4, -0.2) is 26.1 Å². The highest BCUT2D eigenvalue weighted by atomic mass is 16.6. The van der Waals surface area contributed by atoms with Crippen LogP contribution < -0.4 is 11.3 Å². The second-order valence-corrected chi connectivity index (χ2v) is 9.07. The van der Waals surface area contributed by atoms with Crippen LogP contribution in [0.25, 0.3) is 22.3 Å². The van der Waals surface area contributed by atoms with Gasteiger partial charge in [-0.1, -0.05) is 13.8 Å². The van der Waals surface area contributed by atoms with E-state index in [1.165, 1.54) is 5.56 Å². The van der Waals surface area contributed by atoms with Crippen molar-refractivity contribution in [2.75, 3.05) is 5.73 Å². The standard InChI is InChI=1S/C24H25N3O4/c1-3-24(30)15-8-18-21-13(9-27(18)22(28)14(15)10-31-23(24)29)19-11(2)4-5-12-16(25)6-7-17(26-21)20(12)19/h6-8,11,23,29-30H,3-5,9-10,25H2,1-2H3/t11-,23?,24-/m0/s1. The van der Waals surface area contributed by atoms with E-state index in [0.29, 0.717) is 29.3 Å². The van der Waals surface area contributed by atoms with Crippen LogP contribution >= 0.6 is 0 Å². The van der Waals surface area contributed by atoms with E-state index >= 15 is 0 Å². The summed E-state index contributed by atoms with van der Waals surface area (Å²) in [4.78, 5) is 18.4. The van der Waals surface area contributed by atoms with Crippen molar-refractivity contribution in [3.05, 3.63) is 56.4 Å². The number of hydrogen-bond acceptors (Lipinski definition) is 6. The predicted molar refractivity (Wildman–Crippen MR) is 117 cm³/mol. The van der Waals surface area contributed by atoms with Gasteiger partial charge in [0.25, 0.3) is 5.56 Å². The summed E-state index contributed by atoms with van der Waals surface area (Å²) in [5, 5.41) is 22.6. The minimum atomic E-state index is -1.62. The molecular formula is C24H25N3O4. The monoisotopic (exact) mass is 419 g/mol. The zero-order chi connectivity index (χ0) is 21.7. The van der Waals surface area contributed by atoms with Gasteiger partial charge in [-0.3, -0.25) is 4.79 Å². The van der Waals surface area contributed by atoms with Crippen molar-refractivity contribution in [2.45, 2.75) is 64.1 Å². The number of ether oxygens (including phenoxy) is 1. The van der Waals surface area contributed by atoms with Crippen LogP contribution in [0.5, 0.6) is 0 Å². The fourth-order valence-electron chi connectivity index (χ4n) is 5.73. The summed E-state index contributed by atoms with van der Waals surface area (Å²) in [5.74, 6) is 0.339. The lowest BCUT2D eigenvalue weighted by atomic mass is 9.80. The SMILES string of the molecule is CC[C@]1(O)c2cc3n(c(=O)c2COC1O)Cc1c-3nc2ccc(N)c3c2c1[C@@H](C)CC3. The lowest BCUT2D eigenvalue weighted by Gasteiger charge is -2.37. The van der Waals surface area contributed by atoms with Gasteiger partial charge in [0, 0.05) is 27.8 Å². The number of aromatic nitrogens is 2. The van der Waals surface area contributed by atoms with Gasteiger partial charge in [-0.05, 0) is 54.5 Å².